The van der Waals surface area contributed by atoms with Gasteiger partial charge in [0, 0.05) is 5.56 Å². The molecule has 89 valence electrons. The van der Waals surface area contributed by atoms with Crippen LogP contribution in [0.5, 0.6) is 0 Å². The van der Waals surface area contributed by atoms with E-state index in [9.17, 15) is 22.0 Å². The minimum atomic E-state index is -2.15. The minimum absolute atomic E-state index is 0.0321. The second-order valence-corrected chi connectivity index (χ2v) is 3.62. The van der Waals surface area contributed by atoms with Crippen molar-refractivity contribution in [2.24, 2.45) is 0 Å². The molecule has 0 aliphatic heterocycles. The lowest BCUT2D eigenvalue weighted by molar-refractivity contribution is 0.373. The predicted molar refractivity (Wildman–Crippen MR) is 51.5 cm³/mol. The summed E-state index contributed by atoms with van der Waals surface area (Å²) in [7, 11) is 0. The number of hydrogen-bond donors (Lipinski definition) is 0. The molecular weight excluding hydrogens is 239 g/mol. The quantitative estimate of drug-likeness (QED) is 0.401. The number of halogens is 5. The molecule has 0 aromatic heterocycles. The summed E-state index contributed by atoms with van der Waals surface area (Å²) in [4.78, 5) is 0. The van der Waals surface area contributed by atoms with Gasteiger partial charge in [0.25, 0.3) is 0 Å². The third kappa shape index (κ3) is 1.75. The molecule has 5 heteroatoms. The first-order valence-corrected chi connectivity index (χ1v) is 4.68. The number of allylic oxidation sites excluding steroid dienone is 4. The van der Waals surface area contributed by atoms with E-state index in [0.717, 1.165) is 0 Å². The van der Waals surface area contributed by atoms with Crippen molar-refractivity contribution in [2.75, 3.05) is 0 Å². The van der Waals surface area contributed by atoms with E-state index in [0.29, 0.717) is 5.57 Å². The van der Waals surface area contributed by atoms with E-state index in [2.05, 4.69) is 0 Å². The Morgan fingerprint density at radius 1 is 0.706 bits per heavy atom. The Bertz CT molecular complexity index is 513. The number of hydrogen-bond acceptors (Lipinski definition) is 0. The van der Waals surface area contributed by atoms with E-state index < -0.39 is 34.6 Å². The molecule has 1 aliphatic rings. The molecule has 17 heavy (non-hydrogen) atoms. The van der Waals surface area contributed by atoms with Crippen molar-refractivity contribution >= 4 is 0 Å². The highest BCUT2D eigenvalue weighted by atomic mass is 19.2. The molecule has 1 aromatic carbocycles. The smallest absolute Gasteiger partial charge is 0.200 e. The van der Waals surface area contributed by atoms with Gasteiger partial charge in [-0.15, -0.1) is 0 Å². The highest BCUT2D eigenvalue weighted by Crippen LogP contribution is 2.32. The lowest BCUT2D eigenvalue weighted by Crippen LogP contribution is -2.09. The molecule has 0 saturated carbocycles. The molecule has 0 heterocycles. The topological polar surface area (TPSA) is 0 Å². The Kier molecular flexibility index (Phi) is 2.77. The largest absolute Gasteiger partial charge is 0.203 e. The molecule has 0 bridgehead atoms. The SMILES string of the molecule is CC1=C[C](c2c(F)c(F)c(F)c(F)c2F)C=C1. The van der Waals surface area contributed by atoms with Crippen molar-refractivity contribution < 1.29 is 22.0 Å². The Morgan fingerprint density at radius 2 is 1.18 bits per heavy atom. The normalized spacial score (nSPS) is 15.5. The van der Waals surface area contributed by atoms with Crippen LogP contribution in [-0.4, -0.2) is 0 Å². The zero-order valence-electron chi connectivity index (χ0n) is 8.62. The summed E-state index contributed by atoms with van der Waals surface area (Å²) >= 11 is 0. The monoisotopic (exact) mass is 245 g/mol. The maximum atomic E-state index is 13.4. The molecule has 0 unspecified atom stereocenters. The molecule has 0 amide bonds. The lowest BCUT2D eigenvalue weighted by atomic mass is 9.98. The van der Waals surface area contributed by atoms with Crippen LogP contribution in [0.4, 0.5) is 22.0 Å². The zero-order chi connectivity index (χ0) is 12.7. The molecule has 1 radical (unpaired) electrons. The van der Waals surface area contributed by atoms with E-state index >= 15 is 0 Å². The molecule has 0 fully saturated rings. The molecule has 1 aromatic rings. The average molecular weight is 245 g/mol. The summed E-state index contributed by atoms with van der Waals surface area (Å²) in [5.41, 5.74) is -0.224. The van der Waals surface area contributed by atoms with E-state index in [-0.39, 0.29) is 5.92 Å². The van der Waals surface area contributed by atoms with E-state index in [4.69, 9.17) is 0 Å². The summed E-state index contributed by atoms with van der Waals surface area (Å²) in [6, 6.07) is 0. The fraction of sp³-hybridized carbons (Fsp3) is 0.0833. The van der Waals surface area contributed by atoms with Gasteiger partial charge in [0.05, 0.1) is 5.92 Å². The summed E-state index contributed by atoms with van der Waals surface area (Å²) in [6.07, 6.45) is 4.17. The Balaban J connectivity index is 2.67. The van der Waals surface area contributed by atoms with Gasteiger partial charge in [-0.3, -0.25) is 0 Å². The van der Waals surface area contributed by atoms with Gasteiger partial charge < -0.3 is 0 Å². The van der Waals surface area contributed by atoms with Gasteiger partial charge in [0.1, 0.15) is 0 Å². The van der Waals surface area contributed by atoms with Gasteiger partial charge >= 0.3 is 0 Å². The van der Waals surface area contributed by atoms with E-state index in [1.807, 2.05) is 0 Å². The summed E-state index contributed by atoms with van der Waals surface area (Å²) in [6.45, 7) is 1.65. The predicted octanol–water partition coefficient (Wildman–Crippen LogP) is 3.82. The minimum Gasteiger partial charge on any atom is -0.203 e. The van der Waals surface area contributed by atoms with Crippen LogP contribution in [-0.2, 0) is 0 Å². The van der Waals surface area contributed by atoms with Crippen molar-refractivity contribution in [3.05, 3.63) is 64.4 Å². The van der Waals surface area contributed by atoms with Crippen LogP contribution in [0.2, 0.25) is 0 Å². The summed E-state index contributed by atoms with van der Waals surface area (Å²) < 4.78 is 65.4. The van der Waals surface area contributed by atoms with Crippen LogP contribution in [0, 0.1) is 35.0 Å². The third-order valence-electron chi connectivity index (χ3n) is 2.41. The third-order valence-corrected chi connectivity index (χ3v) is 2.41. The highest BCUT2D eigenvalue weighted by molar-refractivity contribution is 5.53. The molecule has 0 atom stereocenters. The fourth-order valence-corrected chi connectivity index (χ4v) is 1.58. The van der Waals surface area contributed by atoms with Crippen LogP contribution in [0.1, 0.15) is 12.5 Å². The van der Waals surface area contributed by atoms with E-state index in [1.54, 1.807) is 6.92 Å². The first-order valence-electron chi connectivity index (χ1n) is 4.68. The fourth-order valence-electron chi connectivity index (χ4n) is 1.58. The Morgan fingerprint density at radius 3 is 1.59 bits per heavy atom. The number of rotatable bonds is 1. The van der Waals surface area contributed by atoms with Crippen molar-refractivity contribution in [2.45, 2.75) is 6.92 Å². The second kappa shape index (κ2) is 3.98. The maximum absolute atomic E-state index is 13.4. The van der Waals surface area contributed by atoms with Crippen molar-refractivity contribution in [1.29, 1.82) is 0 Å². The molecule has 2 rings (SSSR count). The molecule has 0 spiro atoms. The van der Waals surface area contributed by atoms with Gasteiger partial charge in [-0.05, 0) is 6.92 Å². The van der Waals surface area contributed by atoms with Gasteiger partial charge in [0.15, 0.2) is 23.3 Å². The second-order valence-electron chi connectivity index (χ2n) is 3.62. The van der Waals surface area contributed by atoms with Crippen LogP contribution in [0.3, 0.4) is 0 Å². The van der Waals surface area contributed by atoms with Crippen LogP contribution in [0.15, 0.2) is 23.8 Å². The summed E-state index contributed by atoms with van der Waals surface area (Å²) in [5.74, 6) is -9.67. The maximum Gasteiger partial charge on any atom is 0.200 e. The van der Waals surface area contributed by atoms with Gasteiger partial charge in [0.2, 0.25) is 5.82 Å². The lowest BCUT2D eigenvalue weighted by Gasteiger charge is -2.10. The molecule has 0 N–H and O–H groups in total. The Hall–Kier alpha value is -1.65. The highest BCUT2D eigenvalue weighted by Gasteiger charge is 2.29. The first-order chi connectivity index (χ1) is 7.93. The number of benzene rings is 1. The molecule has 0 nitrogen and oxygen atoms in total. The first kappa shape index (κ1) is 11.8. The standard InChI is InChI=1S/C12H6F5/c1-5-2-3-6(4-5)7-8(13)10(15)12(17)11(16)9(7)14/h2-4H,1H3. The Labute approximate surface area is 94.1 Å². The van der Waals surface area contributed by atoms with Crippen LogP contribution >= 0.6 is 0 Å². The van der Waals surface area contributed by atoms with Gasteiger partial charge in [-0.25, -0.2) is 22.0 Å². The average Bonchev–Trinajstić information content (AvgIpc) is 2.71. The van der Waals surface area contributed by atoms with Crippen molar-refractivity contribution in [3.8, 4) is 0 Å². The zero-order valence-corrected chi connectivity index (χ0v) is 8.62. The van der Waals surface area contributed by atoms with Gasteiger partial charge in [-0.2, -0.15) is 0 Å². The van der Waals surface area contributed by atoms with Crippen LogP contribution in [0.25, 0.3) is 0 Å². The van der Waals surface area contributed by atoms with Gasteiger partial charge in [-0.1, -0.05) is 23.8 Å². The summed E-state index contributed by atoms with van der Waals surface area (Å²) in [5, 5.41) is 0. The van der Waals surface area contributed by atoms with Crippen molar-refractivity contribution in [3.63, 3.8) is 0 Å². The van der Waals surface area contributed by atoms with Crippen molar-refractivity contribution in [1.82, 2.24) is 0 Å². The molecule has 0 saturated heterocycles. The molecule has 1 aliphatic carbocycles. The van der Waals surface area contributed by atoms with E-state index in [1.165, 1.54) is 18.2 Å². The molecular formula is C12H6F5. The van der Waals surface area contributed by atoms with Crippen LogP contribution < -0.4 is 0 Å².